The predicted octanol–water partition coefficient (Wildman–Crippen LogP) is 3.50. The molecule has 126 valence electrons. The monoisotopic (exact) mass is 332 g/mol. The Labute approximate surface area is 147 Å². The summed E-state index contributed by atoms with van der Waals surface area (Å²) < 4.78 is 5.25. The Morgan fingerprint density at radius 2 is 1.96 bits per heavy atom. The van der Waals surface area contributed by atoms with Crippen LogP contribution in [0, 0.1) is 11.3 Å². The van der Waals surface area contributed by atoms with Crippen molar-refractivity contribution in [2.24, 2.45) is 0 Å². The molecule has 1 heterocycles. The number of aryl methyl sites for hydroxylation is 1. The molecule has 0 aliphatic rings. The van der Waals surface area contributed by atoms with E-state index in [0.29, 0.717) is 11.5 Å². The normalized spacial score (nSPS) is 10.6. The first-order chi connectivity index (χ1) is 12.3. The van der Waals surface area contributed by atoms with Crippen LogP contribution in [-0.2, 0) is 19.4 Å². The molecule has 0 spiro atoms. The molecule has 0 aliphatic heterocycles. The lowest BCUT2D eigenvalue weighted by Crippen LogP contribution is -2.16. The fourth-order valence-corrected chi connectivity index (χ4v) is 2.55. The second-order valence-electron chi connectivity index (χ2n) is 5.81. The Morgan fingerprint density at radius 3 is 2.68 bits per heavy atom. The second kappa shape index (κ2) is 8.22. The van der Waals surface area contributed by atoms with Gasteiger partial charge in [-0.25, -0.2) is 0 Å². The Hall–Kier alpha value is -2.97. The maximum atomic E-state index is 8.92. The first kappa shape index (κ1) is 16.9. The van der Waals surface area contributed by atoms with E-state index in [1.165, 1.54) is 5.56 Å². The average Bonchev–Trinajstić information content (AvgIpc) is 3.15. The molecule has 3 aromatic rings. The molecule has 1 aromatic heterocycles. The van der Waals surface area contributed by atoms with E-state index in [1.807, 2.05) is 43.3 Å². The first-order valence-electron chi connectivity index (χ1n) is 8.40. The van der Waals surface area contributed by atoms with Gasteiger partial charge in [0, 0.05) is 18.5 Å². The fourth-order valence-electron chi connectivity index (χ4n) is 2.55. The number of aromatic nitrogens is 2. The Balaban J connectivity index is 1.49. The molecule has 25 heavy (non-hydrogen) atoms. The summed E-state index contributed by atoms with van der Waals surface area (Å²) in [5.41, 5.74) is 4.01. The van der Waals surface area contributed by atoms with Crippen molar-refractivity contribution in [2.45, 2.75) is 26.3 Å². The van der Waals surface area contributed by atoms with E-state index >= 15 is 0 Å². The third kappa shape index (κ3) is 4.52. The van der Waals surface area contributed by atoms with Crippen LogP contribution in [0.1, 0.15) is 29.4 Å². The van der Waals surface area contributed by atoms with E-state index in [0.717, 1.165) is 42.9 Å². The highest BCUT2D eigenvalue weighted by atomic mass is 16.5. The highest BCUT2D eigenvalue weighted by Crippen LogP contribution is 2.18. The van der Waals surface area contributed by atoms with E-state index in [1.54, 1.807) is 0 Å². The summed E-state index contributed by atoms with van der Waals surface area (Å²) in [5.74, 6) is 1.29. The molecule has 0 bridgehead atoms. The molecule has 5 nitrogen and oxygen atoms in total. The highest BCUT2D eigenvalue weighted by molar-refractivity contribution is 5.53. The molecule has 0 atom stereocenters. The van der Waals surface area contributed by atoms with Crippen LogP contribution in [0.5, 0.6) is 0 Å². The number of rotatable bonds is 7. The number of hydrogen-bond donors (Lipinski definition) is 1. The second-order valence-corrected chi connectivity index (χ2v) is 5.81. The fraction of sp³-hybridized carbons (Fsp3) is 0.250. The van der Waals surface area contributed by atoms with Crippen LogP contribution >= 0.6 is 0 Å². The zero-order valence-electron chi connectivity index (χ0n) is 14.2. The molecular weight excluding hydrogens is 312 g/mol. The molecule has 0 aliphatic carbocycles. The van der Waals surface area contributed by atoms with Crippen LogP contribution in [0.3, 0.4) is 0 Å². The summed E-state index contributed by atoms with van der Waals surface area (Å²) in [4.78, 5) is 4.34. The standard InChI is InChI=1S/C20H20N4O/c1-2-19-23-20(25-24-19)18-8-6-15(7-9-18)10-11-22-14-17-5-3-4-16(12-17)13-21/h3-9,12,22H,2,10-11,14H2,1H3. The van der Waals surface area contributed by atoms with Crippen LogP contribution in [-0.4, -0.2) is 16.7 Å². The lowest BCUT2D eigenvalue weighted by Gasteiger charge is -2.06. The average molecular weight is 332 g/mol. The first-order valence-corrected chi connectivity index (χ1v) is 8.40. The maximum Gasteiger partial charge on any atom is 0.257 e. The molecule has 0 unspecified atom stereocenters. The SMILES string of the molecule is CCc1noc(-c2ccc(CCNCc3cccc(C#N)c3)cc2)n1. The van der Waals surface area contributed by atoms with Crippen molar-refractivity contribution in [1.29, 1.82) is 5.26 Å². The number of nitriles is 1. The van der Waals surface area contributed by atoms with Gasteiger partial charge >= 0.3 is 0 Å². The van der Waals surface area contributed by atoms with E-state index in [4.69, 9.17) is 9.78 Å². The van der Waals surface area contributed by atoms with Gasteiger partial charge in [0.15, 0.2) is 5.82 Å². The Morgan fingerprint density at radius 1 is 1.12 bits per heavy atom. The molecular formula is C20H20N4O. The number of nitrogens with zero attached hydrogens (tertiary/aromatic N) is 3. The lowest BCUT2D eigenvalue weighted by molar-refractivity contribution is 0.423. The zero-order valence-corrected chi connectivity index (χ0v) is 14.2. The van der Waals surface area contributed by atoms with E-state index < -0.39 is 0 Å². The molecule has 0 amide bonds. The van der Waals surface area contributed by atoms with Crippen LogP contribution in [0.15, 0.2) is 53.1 Å². The van der Waals surface area contributed by atoms with Crippen molar-refractivity contribution in [3.8, 4) is 17.5 Å². The minimum Gasteiger partial charge on any atom is -0.334 e. The van der Waals surface area contributed by atoms with Crippen molar-refractivity contribution in [3.63, 3.8) is 0 Å². The van der Waals surface area contributed by atoms with Crippen LogP contribution < -0.4 is 5.32 Å². The Bertz CT molecular complexity index is 862. The summed E-state index contributed by atoms with van der Waals surface area (Å²) >= 11 is 0. The lowest BCUT2D eigenvalue weighted by atomic mass is 10.1. The van der Waals surface area contributed by atoms with Gasteiger partial charge in [-0.2, -0.15) is 10.2 Å². The molecule has 0 radical (unpaired) electrons. The van der Waals surface area contributed by atoms with Gasteiger partial charge in [0.25, 0.3) is 5.89 Å². The van der Waals surface area contributed by atoms with Gasteiger partial charge in [-0.15, -0.1) is 0 Å². The van der Waals surface area contributed by atoms with Crippen LogP contribution in [0.25, 0.3) is 11.5 Å². The van der Waals surface area contributed by atoms with Crippen molar-refractivity contribution >= 4 is 0 Å². The molecule has 5 heteroatoms. The molecule has 0 saturated heterocycles. The summed E-state index contributed by atoms with van der Waals surface area (Å²) in [5, 5.41) is 16.2. The van der Waals surface area contributed by atoms with Crippen molar-refractivity contribution in [2.75, 3.05) is 6.54 Å². The van der Waals surface area contributed by atoms with Gasteiger partial charge < -0.3 is 9.84 Å². The molecule has 0 fully saturated rings. The van der Waals surface area contributed by atoms with Crippen molar-refractivity contribution in [1.82, 2.24) is 15.5 Å². The van der Waals surface area contributed by atoms with Gasteiger partial charge in [0.05, 0.1) is 11.6 Å². The van der Waals surface area contributed by atoms with Crippen molar-refractivity contribution in [3.05, 3.63) is 71.0 Å². The molecule has 0 saturated carbocycles. The molecule has 2 aromatic carbocycles. The van der Waals surface area contributed by atoms with Gasteiger partial charge in [0.2, 0.25) is 0 Å². The van der Waals surface area contributed by atoms with Crippen LogP contribution in [0.4, 0.5) is 0 Å². The molecule has 1 N–H and O–H groups in total. The third-order valence-electron chi connectivity index (χ3n) is 3.96. The quantitative estimate of drug-likeness (QED) is 0.670. The minimum absolute atomic E-state index is 0.568. The van der Waals surface area contributed by atoms with Gasteiger partial charge in [-0.05, 0) is 48.4 Å². The van der Waals surface area contributed by atoms with Gasteiger partial charge in [0.1, 0.15) is 0 Å². The number of benzene rings is 2. The van der Waals surface area contributed by atoms with Gasteiger partial charge in [-0.1, -0.05) is 36.3 Å². The number of nitrogens with one attached hydrogen (secondary N) is 1. The van der Waals surface area contributed by atoms with E-state index in [-0.39, 0.29) is 0 Å². The smallest absolute Gasteiger partial charge is 0.257 e. The van der Waals surface area contributed by atoms with E-state index in [2.05, 4.69) is 33.7 Å². The minimum atomic E-state index is 0.568. The topological polar surface area (TPSA) is 74.7 Å². The summed E-state index contributed by atoms with van der Waals surface area (Å²) in [7, 11) is 0. The predicted molar refractivity (Wildman–Crippen MR) is 95.7 cm³/mol. The third-order valence-corrected chi connectivity index (χ3v) is 3.96. The van der Waals surface area contributed by atoms with Crippen molar-refractivity contribution < 1.29 is 4.52 Å². The zero-order chi connectivity index (χ0) is 17.5. The number of hydrogen-bond acceptors (Lipinski definition) is 5. The Kier molecular flexibility index (Phi) is 5.55. The largest absolute Gasteiger partial charge is 0.334 e. The summed E-state index contributed by atoms with van der Waals surface area (Å²) in [6, 6.07) is 18.0. The highest BCUT2D eigenvalue weighted by Gasteiger charge is 2.07. The van der Waals surface area contributed by atoms with E-state index in [9.17, 15) is 0 Å². The van der Waals surface area contributed by atoms with Gasteiger partial charge in [-0.3, -0.25) is 0 Å². The van der Waals surface area contributed by atoms with Crippen LogP contribution in [0.2, 0.25) is 0 Å². The molecule has 3 rings (SSSR count). The maximum absolute atomic E-state index is 8.92. The summed E-state index contributed by atoms with van der Waals surface area (Å²) in [6.45, 7) is 3.63. The summed E-state index contributed by atoms with van der Waals surface area (Å²) in [6.07, 6.45) is 1.70.